The van der Waals surface area contributed by atoms with Gasteiger partial charge in [-0.3, -0.25) is 19.0 Å². The maximum Gasteiger partial charge on any atom is 0.268 e. The molecule has 1 heterocycles. The number of nitrogens with one attached hydrogen (secondary N) is 1. The molecule has 1 aliphatic carbocycles. The Bertz CT molecular complexity index is 1300. The van der Waals surface area contributed by atoms with Gasteiger partial charge < -0.3 is 10.1 Å². The normalized spacial score (nSPS) is 12.9. The van der Waals surface area contributed by atoms with Gasteiger partial charge in [0.15, 0.2) is 5.78 Å². The number of anilines is 1. The highest BCUT2D eigenvalue weighted by molar-refractivity contribution is 6.31. The van der Waals surface area contributed by atoms with Crippen molar-refractivity contribution in [3.8, 4) is 11.4 Å². The first-order valence-electron chi connectivity index (χ1n) is 10.0. The Hall–Kier alpha value is -3.45. The molecule has 2 aromatic carbocycles. The SMILES string of the molecule is COc1cc(Cl)c(C)cc1NC(=O)c1cc2c(n(-c3ccc(F)cc3)c1=O)CCCC2=O. The third-order valence-corrected chi connectivity index (χ3v) is 5.89. The van der Waals surface area contributed by atoms with E-state index in [0.717, 1.165) is 0 Å². The number of benzene rings is 2. The van der Waals surface area contributed by atoms with Crippen LogP contribution < -0.4 is 15.6 Å². The number of methoxy groups -OCH3 is 1. The van der Waals surface area contributed by atoms with Gasteiger partial charge in [-0.15, -0.1) is 0 Å². The molecular formula is C24H20ClFN2O4. The molecule has 164 valence electrons. The second-order valence-corrected chi connectivity index (χ2v) is 7.98. The second kappa shape index (κ2) is 8.59. The van der Waals surface area contributed by atoms with Crippen molar-refractivity contribution in [3.63, 3.8) is 0 Å². The molecular weight excluding hydrogens is 435 g/mol. The van der Waals surface area contributed by atoms with Gasteiger partial charge in [0, 0.05) is 34.5 Å². The monoisotopic (exact) mass is 454 g/mol. The van der Waals surface area contributed by atoms with Crippen molar-refractivity contribution in [2.24, 2.45) is 0 Å². The van der Waals surface area contributed by atoms with E-state index in [9.17, 15) is 18.8 Å². The smallest absolute Gasteiger partial charge is 0.268 e. The predicted octanol–water partition coefficient (Wildman–Crippen LogP) is 4.72. The lowest BCUT2D eigenvalue weighted by Gasteiger charge is -2.22. The number of ether oxygens (including phenoxy) is 1. The van der Waals surface area contributed by atoms with Crippen LogP contribution in [0.15, 0.2) is 47.3 Å². The summed E-state index contributed by atoms with van der Waals surface area (Å²) in [6.45, 7) is 1.77. The topological polar surface area (TPSA) is 77.4 Å². The first kappa shape index (κ1) is 21.8. The number of carbonyl (C=O) groups excluding carboxylic acids is 2. The van der Waals surface area contributed by atoms with E-state index < -0.39 is 17.3 Å². The van der Waals surface area contributed by atoms with Crippen LogP contribution in [0.4, 0.5) is 10.1 Å². The van der Waals surface area contributed by atoms with Crippen molar-refractivity contribution in [2.75, 3.05) is 12.4 Å². The zero-order valence-electron chi connectivity index (χ0n) is 17.5. The number of hydrogen-bond donors (Lipinski definition) is 1. The van der Waals surface area contributed by atoms with Crippen LogP contribution in [-0.2, 0) is 6.42 Å². The highest BCUT2D eigenvalue weighted by Crippen LogP contribution is 2.31. The number of carbonyl (C=O) groups is 2. The van der Waals surface area contributed by atoms with Crippen molar-refractivity contribution >= 4 is 29.0 Å². The Morgan fingerprint density at radius 1 is 1.12 bits per heavy atom. The third kappa shape index (κ3) is 3.91. The van der Waals surface area contributed by atoms with Crippen LogP contribution in [0.1, 0.15) is 44.8 Å². The van der Waals surface area contributed by atoms with Crippen molar-refractivity contribution in [1.82, 2.24) is 4.57 Å². The van der Waals surface area contributed by atoms with Crippen LogP contribution in [0.25, 0.3) is 5.69 Å². The molecule has 4 rings (SSSR count). The van der Waals surface area contributed by atoms with Gasteiger partial charge in [-0.05, 0) is 61.7 Å². The third-order valence-electron chi connectivity index (χ3n) is 5.48. The van der Waals surface area contributed by atoms with E-state index in [2.05, 4.69) is 5.32 Å². The van der Waals surface area contributed by atoms with Gasteiger partial charge in [-0.2, -0.15) is 0 Å². The number of rotatable bonds is 4. The Balaban J connectivity index is 1.86. The number of ketones is 1. The van der Waals surface area contributed by atoms with E-state index >= 15 is 0 Å². The van der Waals surface area contributed by atoms with Crippen LogP contribution >= 0.6 is 11.6 Å². The van der Waals surface area contributed by atoms with E-state index in [-0.39, 0.29) is 11.3 Å². The molecule has 0 saturated carbocycles. The average Bonchev–Trinajstić information content (AvgIpc) is 2.77. The molecule has 1 aromatic heterocycles. The van der Waals surface area contributed by atoms with Gasteiger partial charge in [0.05, 0.1) is 12.8 Å². The minimum absolute atomic E-state index is 0.143. The summed E-state index contributed by atoms with van der Waals surface area (Å²) < 4.78 is 20.1. The molecule has 0 bridgehead atoms. The van der Waals surface area contributed by atoms with Crippen LogP contribution in [0.3, 0.4) is 0 Å². The fourth-order valence-corrected chi connectivity index (χ4v) is 3.99. The fourth-order valence-electron chi connectivity index (χ4n) is 3.84. The largest absolute Gasteiger partial charge is 0.495 e. The molecule has 0 saturated heterocycles. The number of amides is 1. The van der Waals surface area contributed by atoms with Crippen LogP contribution in [0.2, 0.25) is 5.02 Å². The van der Waals surface area contributed by atoms with Crippen molar-refractivity contribution in [3.05, 3.63) is 86.0 Å². The molecule has 0 unspecified atom stereocenters. The summed E-state index contributed by atoms with van der Waals surface area (Å²) >= 11 is 6.13. The summed E-state index contributed by atoms with van der Waals surface area (Å²) in [6.07, 6.45) is 1.43. The Morgan fingerprint density at radius 2 is 1.84 bits per heavy atom. The molecule has 0 fully saturated rings. The lowest BCUT2D eigenvalue weighted by molar-refractivity contribution is 0.0971. The van der Waals surface area contributed by atoms with Crippen molar-refractivity contribution < 1.29 is 18.7 Å². The maximum atomic E-state index is 13.5. The van der Waals surface area contributed by atoms with Crippen LogP contribution in [0, 0.1) is 12.7 Å². The number of Topliss-reactive ketones (excluding diaryl/α,β-unsaturated/α-hetero) is 1. The minimum Gasteiger partial charge on any atom is -0.495 e. The molecule has 8 heteroatoms. The number of halogens is 2. The Labute approximate surface area is 188 Å². The molecule has 1 amide bonds. The van der Waals surface area contributed by atoms with Gasteiger partial charge in [-0.1, -0.05) is 11.6 Å². The quantitative estimate of drug-likeness (QED) is 0.619. The molecule has 6 nitrogen and oxygen atoms in total. The summed E-state index contributed by atoms with van der Waals surface area (Å²) in [5, 5.41) is 3.16. The lowest BCUT2D eigenvalue weighted by atomic mass is 9.92. The van der Waals surface area contributed by atoms with Gasteiger partial charge in [0.1, 0.15) is 17.1 Å². The second-order valence-electron chi connectivity index (χ2n) is 7.57. The van der Waals surface area contributed by atoms with E-state index in [1.807, 2.05) is 0 Å². The van der Waals surface area contributed by atoms with Crippen LogP contribution in [0.5, 0.6) is 5.75 Å². The first-order chi connectivity index (χ1) is 15.3. The number of pyridine rings is 1. The predicted molar refractivity (Wildman–Crippen MR) is 120 cm³/mol. The van der Waals surface area contributed by atoms with Crippen molar-refractivity contribution in [1.29, 1.82) is 0 Å². The maximum absolute atomic E-state index is 13.5. The summed E-state index contributed by atoms with van der Waals surface area (Å²) in [6, 6.07) is 9.91. The lowest BCUT2D eigenvalue weighted by Crippen LogP contribution is -2.33. The highest BCUT2D eigenvalue weighted by atomic mass is 35.5. The number of fused-ring (bicyclic) bond motifs is 1. The van der Waals surface area contributed by atoms with Crippen molar-refractivity contribution in [2.45, 2.75) is 26.2 Å². The van der Waals surface area contributed by atoms with Crippen LogP contribution in [-0.4, -0.2) is 23.4 Å². The average molecular weight is 455 g/mol. The molecule has 1 aliphatic rings. The Kier molecular flexibility index (Phi) is 5.84. The summed E-state index contributed by atoms with van der Waals surface area (Å²) in [5.74, 6) is -0.948. The highest BCUT2D eigenvalue weighted by Gasteiger charge is 2.26. The Morgan fingerprint density at radius 3 is 2.53 bits per heavy atom. The van der Waals surface area contributed by atoms with E-state index in [4.69, 9.17) is 16.3 Å². The first-order valence-corrected chi connectivity index (χ1v) is 10.4. The van der Waals surface area contributed by atoms with E-state index in [1.165, 1.54) is 42.0 Å². The molecule has 1 N–H and O–H groups in total. The summed E-state index contributed by atoms with van der Waals surface area (Å²) in [5.41, 5.74) is 1.50. The van der Waals surface area contributed by atoms with E-state index in [1.54, 1.807) is 19.1 Å². The molecule has 3 aromatic rings. The number of nitrogens with zero attached hydrogens (tertiary/aromatic N) is 1. The molecule has 0 aliphatic heterocycles. The van der Waals surface area contributed by atoms with Gasteiger partial charge in [-0.25, -0.2) is 4.39 Å². The van der Waals surface area contributed by atoms with Gasteiger partial charge >= 0.3 is 0 Å². The molecule has 0 spiro atoms. The molecule has 0 atom stereocenters. The summed E-state index contributed by atoms with van der Waals surface area (Å²) in [7, 11) is 1.44. The number of aromatic nitrogens is 1. The van der Waals surface area contributed by atoms with Gasteiger partial charge in [0.2, 0.25) is 0 Å². The van der Waals surface area contributed by atoms with E-state index in [0.29, 0.717) is 58.2 Å². The molecule has 32 heavy (non-hydrogen) atoms. The number of aryl methyl sites for hydroxylation is 1. The minimum atomic E-state index is -0.688. The number of hydrogen-bond acceptors (Lipinski definition) is 4. The van der Waals surface area contributed by atoms with Gasteiger partial charge in [0.25, 0.3) is 11.5 Å². The zero-order chi connectivity index (χ0) is 23.0. The fraction of sp³-hybridized carbons (Fsp3) is 0.208. The summed E-state index contributed by atoms with van der Waals surface area (Å²) in [4.78, 5) is 39.1. The zero-order valence-corrected chi connectivity index (χ0v) is 18.3. The molecule has 0 radical (unpaired) electrons. The standard InChI is InChI=1S/C24H20ClFN2O4/c1-13-10-19(22(32-2)12-18(13)25)27-23(30)17-11-16-20(4-3-5-21(16)29)28(24(17)31)15-8-6-14(26)7-9-15/h6-12H,3-5H2,1-2H3,(H,27,30).